The van der Waals surface area contributed by atoms with Crippen LogP contribution in [0.1, 0.15) is 49.9 Å². The molecule has 0 bridgehead atoms. The van der Waals surface area contributed by atoms with Crippen molar-refractivity contribution in [1.29, 1.82) is 0 Å². The maximum Gasteiger partial charge on any atom is 0.223 e. The summed E-state index contributed by atoms with van der Waals surface area (Å²) in [5, 5.41) is 3.42. The van der Waals surface area contributed by atoms with Crippen LogP contribution in [-0.4, -0.2) is 41.1 Å². The summed E-state index contributed by atoms with van der Waals surface area (Å²) in [5.41, 5.74) is 5.17. The van der Waals surface area contributed by atoms with Crippen LogP contribution in [0.2, 0.25) is 0 Å². The lowest BCUT2D eigenvalue weighted by atomic mass is 9.79. The molecule has 3 atom stereocenters. The number of aromatic nitrogens is 2. The fourth-order valence-electron chi connectivity index (χ4n) is 5.66. The molecule has 164 valence electrons. The first-order chi connectivity index (χ1) is 15.1. The molecule has 0 saturated carbocycles. The van der Waals surface area contributed by atoms with Crippen molar-refractivity contribution >= 4 is 5.95 Å². The van der Waals surface area contributed by atoms with Gasteiger partial charge in [-0.3, -0.25) is 0 Å². The lowest BCUT2D eigenvalue weighted by Gasteiger charge is -2.36. The summed E-state index contributed by atoms with van der Waals surface area (Å²) in [6, 6.07) is 10.4. The Morgan fingerprint density at radius 1 is 1.26 bits per heavy atom. The van der Waals surface area contributed by atoms with Crippen molar-refractivity contribution in [2.45, 2.75) is 51.7 Å². The number of benzene rings is 1. The van der Waals surface area contributed by atoms with Crippen molar-refractivity contribution in [3.05, 3.63) is 65.0 Å². The lowest BCUT2D eigenvalue weighted by molar-refractivity contribution is 0.0497. The second-order valence-electron chi connectivity index (χ2n) is 9.77. The van der Waals surface area contributed by atoms with Crippen molar-refractivity contribution < 1.29 is 4.74 Å². The smallest absolute Gasteiger partial charge is 0.223 e. The summed E-state index contributed by atoms with van der Waals surface area (Å²) in [5.74, 6) is 2.18. The molecule has 5 heteroatoms. The molecule has 1 aromatic carbocycles. The monoisotopic (exact) mass is 418 g/mol. The number of likely N-dealkylation sites (tertiary alicyclic amines) is 1. The summed E-state index contributed by atoms with van der Waals surface area (Å²) < 4.78 is 6.04. The predicted octanol–water partition coefficient (Wildman–Crippen LogP) is 4.55. The first-order valence-corrected chi connectivity index (χ1v) is 11.7. The van der Waals surface area contributed by atoms with Crippen LogP contribution in [0.25, 0.3) is 0 Å². The lowest BCUT2D eigenvalue weighted by Crippen LogP contribution is -2.42. The highest BCUT2D eigenvalue weighted by atomic mass is 16.5. The van der Waals surface area contributed by atoms with Crippen LogP contribution in [0.5, 0.6) is 0 Å². The van der Waals surface area contributed by atoms with Crippen LogP contribution in [0.15, 0.2) is 48.2 Å². The van der Waals surface area contributed by atoms with Gasteiger partial charge in [-0.1, -0.05) is 48.9 Å². The highest BCUT2D eigenvalue weighted by Crippen LogP contribution is 2.40. The quantitative estimate of drug-likeness (QED) is 0.722. The van der Waals surface area contributed by atoms with Gasteiger partial charge in [0.2, 0.25) is 5.95 Å². The number of hydrogen-bond donors (Lipinski definition) is 1. The Hall–Kier alpha value is -2.24. The van der Waals surface area contributed by atoms with E-state index in [-0.39, 0.29) is 5.41 Å². The molecule has 5 rings (SSSR count). The van der Waals surface area contributed by atoms with E-state index < -0.39 is 0 Å². The summed E-state index contributed by atoms with van der Waals surface area (Å²) in [6.07, 6.45) is 8.09. The summed E-state index contributed by atoms with van der Waals surface area (Å²) in [7, 11) is 0. The van der Waals surface area contributed by atoms with Gasteiger partial charge in [0.15, 0.2) is 0 Å². The highest BCUT2D eigenvalue weighted by molar-refractivity contribution is 5.37. The van der Waals surface area contributed by atoms with Gasteiger partial charge in [0.1, 0.15) is 0 Å². The van der Waals surface area contributed by atoms with Crippen LogP contribution in [0, 0.1) is 11.8 Å². The van der Waals surface area contributed by atoms with E-state index in [1.54, 1.807) is 5.57 Å². The number of nitrogens with zero attached hydrogens (tertiary/aromatic N) is 3. The van der Waals surface area contributed by atoms with Gasteiger partial charge in [-0.05, 0) is 50.1 Å². The Bertz CT molecular complexity index is 944. The molecule has 0 unspecified atom stereocenters. The molecule has 3 aliphatic rings. The molecule has 1 aromatic heterocycles. The van der Waals surface area contributed by atoms with Gasteiger partial charge in [0.05, 0.1) is 24.3 Å². The van der Waals surface area contributed by atoms with Crippen LogP contribution >= 0.6 is 0 Å². The molecule has 5 nitrogen and oxygen atoms in total. The zero-order valence-electron chi connectivity index (χ0n) is 18.8. The van der Waals surface area contributed by atoms with Gasteiger partial charge in [-0.15, -0.1) is 0 Å². The van der Waals surface area contributed by atoms with Gasteiger partial charge in [-0.25, -0.2) is 9.97 Å². The standard InChI is InChI=1S/C26H34N4O/c1-19-7-6-8-20(2)23(19)15-30-12-11-26(17-30)18-31-16-22-14-28-25(29-24(22)26)27-13-21-9-4-3-5-10-21/h3-5,7,9-10,14,20,23H,6,8,11-13,15-18H2,1-2H3,(H,27,28,29)/t20-,23+,26-/m0/s1. The van der Waals surface area contributed by atoms with Crippen LogP contribution < -0.4 is 5.32 Å². The molecule has 2 aromatic rings. The number of nitrogens with one attached hydrogen (secondary N) is 1. The van der Waals surface area contributed by atoms with Crippen molar-refractivity contribution in [3.63, 3.8) is 0 Å². The van der Waals surface area contributed by atoms with Gasteiger partial charge in [0, 0.05) is 31.4 Å². The SMILES string of the molecule is CC1=CCC[C@H](C)[C@@H]1CN1CC[C@@]2(COCc3cnc(NCc4ccccc4)nc32)C1. The van der Waals surface area contributed by atoms with Gasteiger partial charge < -0.3 is 15.0 Å². The molecule has 2 aliphatic heterocycles. The first-order valence-electron chi connectivity index (χ1n) is 11.7. The van der Waals surface area contributed by atoms with Gasteiger partial charge in [0.25, 0.3) is 0 Å². The normalized spacial score (nSPS) is 28.4. The predicted molar refractivity (Wildman–Crippen MR) is 124 cm³/mol. The van der Waals surface area contributed by atoms with Crippen molar-refractivity contribution in [2.24, 2.45) is 11.8 Å². The number of fused-ring (bicyclic) bond motifs is 2. The number of ether oxygens (including phenoxy) is 1. The molecule has 0 radical (unpaired) electrons. The van der Waals surface area contributed by atoms with E-state index >= 15 is 0 Å². The molecule has 1 N–H and O–H groups in total. The largest absolute Gasteiger partial charge is 0.376 e. The zero-order valence-corrected chi connectivity index (χ0v) is 18.8. The minimum Gasteiger partial charge on any atom is -0.376 e. The molecule has 1 saturated heterocycles. The second kappa shape index (κ2) is 8.71. The topological polar surface area (TPSA) is 50.3 Å². The van der Waals surface area contributed by atoms with Crippen molar-refractivity contribution in [2.75, 3.05) is 31.6 Å². The van der Waals surface area contributed by atoms with Crippen molar-refractivity contribution in [3.8, 4) is 0 Å². The maximum absolute atomic E-state index is 6.04. The third kappa shape index (κ3) is 4.26. The maximum atomic E-state index is 6.04. The van der Waals surface area contributed by atoms with Crippen LogP contribution in [0.3, 0.4) is 0 Å². The molecule has 1 spiro atoms. The molecule has 1 fully saturated rings. The minimum atomic E-state index is -0.00474. The highest BCUT2D eigenvalue weighted by Gasteiger charge is 2.45. The molecule has 31 heavy (non-hydrogen) atoms. The van der Waals surface area contributed by atoms with E-state index in [4.69, 9.17) is 9.72 Å². The average molecular weight is 419 g/mol. The first kappa shape index (κ1) is 20.7. The molecule has 3 heterocycles. The second-order valence-corrected chi connectivity index (χ2v) is 9.77. The van der Waals surface area contributed by atoms with E-state index in [1.807, 2.05) is 12.3 Å². The fraction of sp³-hybridized carbons (Fsp3) is 0.538. The molecule has 0 amide bonds. The summed E-state index contributed by atoms with van der Waals surface area (Å²) in [6.45, 7) is 10.2. The van der Waals surface area contributed by atoms with Crippen LogP contribution in [-0.2, 0) is 23.3 Å². The molecular weight excluding hydrogens is 384 g/mol. The van der Waals surface area contributed by atoms with Crippen LogP contribution in [0.4, 0.5) is 5.95 Å². The third-order valence-electron chi connectivity index (χ3n) is 7.54. The van der Waals surface area contributed by atoms with E-state index in [9.17, 15) is 0 Å². The number of allylic oxidation sites excluding steroid dienone is 1. The molecule has 1 aliphatic carbocycles. The Morgan fingerprint density at radius 2 is 2.13 bits per heavy atom. The Kier molecular flexibility index (Phi) is 5.81. The van der Waals surface area contributed by atoms with E-state index in [0.29, 0.717) is 12.5 Å². The van der Waals surface area contributed by atoms with E-state index in [0.717, 1.165) is 56.6 Å². The minimum absolute atomic E-state index is 0.00474. The van der Waals surface area contributed by atoms with Gasteiger partial charge >= 0.3 is 0 Å². The number of anilines is 1. The third-order valence-corrected chi connectivity index (χ3v) is 7.54. The fourth-order valence-corrected chi connectivity index (χ4v) is 5.66. The Labute approximate surface area is 185 Å². The summed E-state index contributed by atoms with van der Waals surface area (Å²) in [4.78, 5) is 12.3. The Morgan fingerprint density at radius 3 is 2.97 bits per heavy atom. The number of hydrogen-bond acceptors (Lipinski definition) is 5. The Balaban J connectivity index is 1.32. The number of rotatable bonds is 5. The van der Waals surface area contributed by atoms with E-state index in [1.165, 1.54) is 24.1 Å². The van der Waals surface area contributed by atoms with Crippen molar-refractivity contribution in [1.82, 2.24) is 14.9 Å². The van der Waals surface area contributed by atoms with E-state index in [2.05, 4.69) is 59.4 Å². The summed E-state index contributed by atoms with van der Waals surface area (Å²) >= 11 is 0. The average Bonchev–Trinajstić information content (AvgIpc) is 3.19. The van der Waals surface area contributed by atoms with Gasteiger partial charge in [-0.2, -0.15) is 0 Å². The zero-order chi connectivity index (χ0) is 21.3. The molecular formula is C26H34N4O.